The minimum Gasteiger partial charge on any atom is -0.496 e. The van der Waals surface area contributed by atoms with Gasteiger partial charge in [0.15, 0.2) is 6.29 Å². The van der Waals surface area contributed by atoms with Gasteiger partial charge in [-0.3, -0.25) is 4.79 Å². The van der Waals surface area contributed by atoms with Crippen molar-refractivity contribution in [2.75, 3.05) is 27.9 Å². The van der Waals surface area contributed by atoms with Crippen molar-refractivity contribution in [3.8, 4) is 5.75 Å². The molecule has 0 heterocycles. The maximum absolute atomic E-state index is 13.4. The van der Waals surface area contributed by atoms with Crippen molar-refractivity contribution in [1.82, 2.24) is 0 Å². The van der Waals surface area contributed by atoms with E-state index in [0.29, 0.717) is 11.8 Å². The molecule has 1 atom stereocenters. The van der Waals surface area contributed by atoms with Gasteiger partial charge in [-0.25, -0.2) is 4.39 Å². The minimum atomic E-state index is -0.618. The largest absolute Gasteiger partial charge is 0.496 e. The Morgan fingerprint density at radius 1 is 1.35 bits per heavy atom. The van der Waals surface area contributed by atoms with E-state index in [2.05, 4.69) is 0 Å². The standard InChI is InChI=1S/C12H15FO4/c1-15-7-11(16-2)8-4-5-10(13)9(6-14)12(8)17-3/h4-6,11H,7H2,1-3H3. The summed E-state index contributed by atoms with van der Waals surface area (Å²) in [6.45, 7) is 0.288. The van der Waals surface area contributed by atoms with Gasteiger partial charge in [0.05, 0.1) is 19.3 Å². The SMILES string of the molecule is COCC(OC)c1ccc(F)c(C=O)c1OC. The molecule has 1 aromatic carbocycles. The third-order valence-electron chi connectivity index (χ3n) is 2.44. The molecule has 0 fully saturated rings. The van der Waals surface area contributed by atoms with Crippen molar-refractivity contribution in [3.05, 3.63) is 29.1 Å². The lowest BCUT2D eigenvalue weighted by Gasteiger charge is -2.19. The Balaban J connectivity index is 3.27. The number of hydrogen-bond donors (Lipinski definition) is 0. The molecule has 0 saturated carbocycles. The molecule has 0 aliphatic carbocycles. The number of rotatable bonds is 6. The van der Waals surface area contributed by atoms with Crippen LogP contribution in [0.2, 0.25) is 0 Å². The zero-order chi connectivity index (χ0) is 12.8. The molecule has 0 aliphatic rings. The number of halogens is 1. The molecule has 0 aliphatic heterocycles. The van der Waals surface area contributed by atoms with E-state index in [4.69, 9.17) is 14.2 Å². The van der Waals surface area contributed by atoms with Crippen LogP contribution in [0.4, 0.5) is 4.39 Å². The van der Waals surface area contributed by atoms with Crippen molar-refractivity contribution >= 4 is 6.29 Å². The van der Waals surface area contributed by atoms with Crippen LogP contribution in [0.25, 0.3) is 0 Å². The molecule has 0 saturated heterocycles. The monoisotopic (exact) mass is 242 g/mol. The first-order valence-electron chi connectivity index (χ1n) is 5.02. The highest BCUT2D eigenvalue weighted by molar-refractivity contribution is 5.80. The van der Waals surface area contributed by atoms with E-state index >= 15 is 0 Å². The maximum atomic E-state index is 13.4. The maximum Gasteiger partial charge on any atom is 0.156 e. The van der Waals surface area contributed by atoms with E-state index in [-0.39, 0.29) is 17.9 Å². The third kappa shape index (κ3) is 2.81. The van der Waals surface area contributed by atoms with E-state index in [0.717, 1.165) is 0 Å². The Labute approximate surface area is 99.3 Å². The third-order valence-corrected chi connectivity index (χ3v) is 2.44. The summed E-state index contributed by atoms with van der Waals surface area (Å²) in [5, 5.41) is 0. The molecule has 0 radical (unpaired) electrons. The fourth-order valence-electron chi connectivity index (χ4n) is 1.62. The number of aldehydes is 1. The molecule has 0 amide bonds. The van der Waals surface area contributed by atoms with E-state index in [9.17, 15) is 9.18 Å². The van der Waals surface area contributed by atoms with Gasteiger partial charge in [-0.1, -0.05) is 0 Å². The van der Waals surface area contributed by atoms with Gasteiger partial charge >= 0.3 is 0 Å². The molecule has 0 aromatic heterocycles. The molecule has 0 spiro atoms. The Bertz CT molecular complexity index is 392. The minimum absolute atomic E-state index is 0.108. The predicted molar refractivity (Wildman–Crippen MR) is 60.0 cm³/mol. The Hall–Kier alpha value is -1.46. The smallest absolute Gasteiger partial charge is 0.156 e. The molecule has 17 heavy (non-hydrogen) atoms. The Morgan fingerprint density at radius 2 is 2.06 bits per heavy atom. The van der Waals surface area contributed by atoms with E-state index < -0.39 is 11.9 Å². The molecular weight excluding hydrogens is 227 g/mol. The molecular formula is C12H15FO4. The predicted octanol–water partition coefficient (Wildman–Crippen LogP) is 1.98. The van der Waals surface area contributed by atoms with E-state index in [1.54, 1.807) is 0 Å². The number of ether oxygens (including phenoxy) is 3. The normalized spacial score (nSPS) is 12.2. The zero-order valence-corrected chi connectivity index (χ0v) is 10.0. The number of benzene rings is 1. The van der Waals surface area contributed by atoms with Crippen LogP contribution in [-0.4, -0.2) is 34.2 Å². The quantitative estimate of drug-likeness (QED) is 0.715. The lowest BCUT2D eigenvalue weighted by molar-refractivity contribution is 0.0260. The Kier molecular flexibility index (Phi) is 5.06. The first-order valence-corrected chi connectivity index (χ1v) is 5.02. The van der Waals surface area contributed by atoms with E-state index in [1.165, 1.54) is 33.5 Å². The van der Waals surface area contributed by atoms with Gasteiger partial charge in [0, 0.05) is 19.8 Å². The van der Waals surface area contributed by atoms with Crippen LogP contribution in [0.15, 0.2) is 12.1 Å². The van der Waals surface area contributed by atoms with Gasteiger partial charge in [-0.05, 0) is 12.1 Å². The number of carbonyl (C=O) groups is 1. The van der Waals surface area contributed by atoms with Crippen molar-refractivity contribution in [2.24, 2.45) is 0 Å². The van der Waals surface area contributed by atoms with Crippen molar-refractivity contribution in [2.45, 2.75) is 6.10 Å². The van der Waals surface area contributed by atoms with Crippen molar-refractivity contribution in [1.29, 1.82) is 0 Å². The molecule has 5 heteroatoms. The Morgan fingerprint density at radius 3 is 2.53 bits per heavy atom. The lowest BCUT2D eigenvalue weighted by Crippen LogP contribution is -2.11. The summed E-state index contributed by atoms with van der Waals surface area (Å²) in [6.07, 6.45) is 0.0197. The van der Waals surface area contributed by atoms with Crippen LogP contribution in [0.5, 0.6) is 5.75 Å². The highest BCUT2D eigenvalue weighted by Gasteiger charge is 2.20. The van der Waals surface area contributed by atoms with Crippen molar-refractivity contribution < 1.29 is 23.4 Å². The van der Waals surface area contributed by atoms with Gasteiger partial charge in [0.25, 0.3) is 0 Å². The topological polar surface area (TPSA) is 44.8 Å². The zero-order valence-electron chi connectivity index (χ0n) is 10.0. The second-order valence-corrected chi connectivity index (χ2v) is 3.38. The van der Waals surface area contributed by atoms with Gasteiger partial charge < -0.3 is 14.2 Å². The van der Waals surface area contributed by atoms with Crippen LogP contribution in [-0.2, 0) is 9.47 Å². The second kappa shape index (κ2) is 6.32. The molecule has 1 rings (SSSR count). The molecule has 4 nitrogen and oxygen atoms in total. The first kappa shape index (κ1) is 13.6. The average Bonchev–Trinajstić information content (AvgIpc) is 2.35. The molecule has 1 unspecified atom stereocenters. The fourth-order valence-corrected chi connectivity index (χ4v) is 1.62. The van der Waals surface area contributed by atoms with Crippen LogP contribution < -0.4 is 4.74 Å². The molecule has 0 N–H and O–H groups in total. The lowest BCUT2D eigenvalue weighted by atomic mass is 10.0. The van der Waals surface area contributed by atoms with Gasteiger partial charge in [-0.2, -0.15) is 0 Å². The van der Waals surface area contributed by atoms with Gasteiger partial charge in [-0.15, -0.1) is 0 Å². The second-order valence-electron chi connectivity index (χ2n) is 3.38. The summed E-state index contributed by atoms with van der Waals surface area (Å²) < 4.78 is 28.7. The highest BCUT2D eigenvalue weighted by atomic mass is 19.1. The van der Waals surface area contributed by atoms with Gasteiger partial charge in [0.2, 0.25) is 0 Å². The summed E-state index contributed by atoms with van der Waals surface area (Å²) in [4.78, 5) is 10.8. The fraction of sp³-hybridized carbons (Fsp3) is 0.417. The van der Waals surface area contributed by atoms with Crippen LogP contribution in [0.1, 0.15) is 22.0 Å². The molecule has 94 valence electrons. The first-order chi connectivity index (χ1) is 8.19. The number of carbonyl (C=O) groups excluding carboxylic acids is 1. The number of hydrogen-bond acceptors (Lipinski definition) is 4. The number of methoxy groups -OCH3 is 3. The average molecular weight is 242 g/mol. The van der Waals surface area contributed by atoms with Gasteiger partial charge in [0.1, 0.15) is 17.7 Å². The van der Waals surface area contributed by atoms with Crippen LogP contribution in [0, 0.1) is 5.82 Å². The highest BCUT2D eigenvalue weighted by Crippen LogP contribution is 2.31. The summed E-state index contributed by atoms with van der Waals surface area (Å²) in [7, 11) is 4.42. The van der Waals surface area contributed by atoms with Crippen molar-refractivity contribution in [3.63, 3.8) is 0 Å². The summed E-state index contributed by atoms with van der Waals surface area (Å²) in [5.41, 5.74) is 0.475. The van der Waals surface area contributed by atoms with E-state index in [1.807, 2.05) is 0 Å². The molecule has 0 bridgehead atoms. The molecule has 1 aromatic rings. The van der Waals surface area contributed by atoms with Crippen LogP contribution in [0.3, 0.4) is 0 Å². The van der Waals surface area contributed by atoms with Crippen LogP contribution >= 0.6 is 0 Å². The summed E-state index contributed by atoms with van der Waals surface area (Å²) in [6, 6.07) is 2.73. The summed E-state index contributed by atoms with van der Waals surface area (Å²) in [5.74, 6) is -0.434. The summed E-state index contributed by atoms with van der Waals surface area (Å²) >= 11 is 0.